The van der Waals surface area contributed by atoms with Crippen LogP contribution in [0.4, 0.5) is 17.1 Å². The Morgan fingerprint density at radius 1 is 0.465 bits per heavy atom. The lowest BCUT2D eigenvalue weighted by molar-refractivity contribution is 0.103. The van der Waals surface area contributed by atoms with Crippen molar-refractivity contribution in [3.8, 4) is 11.1 Å². The summed E-state index contributed by atoms with van der Waals surface area (Å²) in [6.07, 6.45) is 0. The van der Waals surface area contributed by atoms with E-state index in [0.29, 0.717) is 0 Å². The second-order valence-corrected chi connectivity index (χ2v) is 12.4. The number of carbonyl (C=O) groups is 1. The maximum Gasteiger partial charge on any atom is 0.193 e. The minimum atomic E-state index is -0.591. The molecule has 0 fully saturated rings. The number of fused-ring (bicyclic) bond motifs is 12. The molecule has 0 saturated carbocycles. The minimum absolute atomic E-state index is 0.102. The molecule has 1 heterocycles. The zero-order chi connectivity index (χ0) is 28.9. The SMILES string of the molecule is CC1(C)c2ccccc2N(c2ccccc2)c2ccc3c(c21)-c1ccccc1C31c2ccccc2C(=O)c2ccccc21. The number of anilines is 3. The maximum absolute atomic E-state index is 13.9. The molecular weight excluding hydrogens is 522 g/mol. The van der Waals surface area contributed by atoms with Gasteiger partial charge in [0.1, 0.15) is 0 Å². The zero-order valence-corrected chi connectivity index (χ0v) is 24.1. The van der Waals surface area contributed by atoms with Crippen molar-refractivity contribution in [1.82, 2.24) is 0 Å². The van der Waals surface area contributed by atoms with Crippen molar-refractivity contribution >= 4 is 22.8 Å². The van der Waals surface area contributed by atoms with Crippen LogP contribution in [0.3, 0.4) is 0 Å². The summed E-state index contributed by atoms with van der Waals surface area (Å²) in [7, 11) is 0. The van der Waals surface area contributed by atoms with Crippen LogP contribution in [-0.2, 0) is 10.8 Å². The third-order valence-corrected chi connectivity index (χ3v) is 10.0. The average molecular weight is 552 g/mol. The summed E-state index contributed by atoms with van der Waals surface area (Å²) in [5, 5.41) is 0. The average Bonchev–Trinajstić information content (AvgIpc) is 3.35. The fraction of sp³-hybridized carbons (Fsp3) is 0.0976. The zero-order valence-electron chi connectivity index (χ0n) is 24.1. The minimum Gasteiger partial charge on any atom is -0.310 e. The monoisotopic (exact) mass is 551 g/mol. The van der Waals surface area contributed by atoms with E-state index in [-0.39, 0.29) is 11.2 Å². The van der Waals surface area contributed by atoms with Gasteiger partial charge in [0.25, 0.3) is 0 Å². The smallest absolute Gasteiger partial charge is 0.193 e. The molecule has 43 heavy (non-hydrogen) atoms. The molecule has 0 saturated heterocycles. The Labute approximate surface area is 251 Å². The first kappa shape index (κ1) is 24.4. The number of rotatable bonds is 1. The van der Waals surface area contributed by atoms with Gasteiger partial charge < -0.3 is 4.90 Å². The van der Waals surface area contributed by atoms with E-state index >= 15 is 0 Å². The van der Waals surface area contributed by atoms with Gasteiger partial charge in [0.2, 0.25) is 0 Å². The van der Waals surface area contributed by atoms with Crippen molar-refractivity contribution in [3.05, 3.63) is 184 Å². The van der Waals surface area contributed by atoms with E-state index in [0.717, 1.165) is 27.9 Å². The molecule has 0 atom stereocenters. The summed E-state index contributed by atoms with van der Waals surface area (Å²) in [4.78, 5) is 16.4. The van der Waals surface area contributed by atoms with Crippen LogP contribution >= 0.6 is 0 Å². The van der Waals surface area contributed by atoms with Crippen LogP contribution in [0.15, 0.2) is 140 Å². The number of hydrogen-bond acceptors (Lipinski definition) is 2. The Morgan fingerprint density at radius 3 is 1.63 bits per heavy atom. The van der Waals surface area contributed by atoms with Crippen molar-refractivity contribution in [3.63, 3.8) is 0 Å². The van der Waals surface area contributed by atoms with E-state index in [1.807, 2.05) is 24.3 Å². The molecule has 0 amide bonds. The first-order valence-electron chi connectivity index (χ1n) is 15.0. The van der Waals surface area contributed by atoms with E-state index in [2.05, 4.69) is 134 Å². The highest BCUT2D eigenvalue weighted by Crippen LogP contribution is 2.64. The second kappa shape index (κ2) is 8.42. The third kappa shape index (κ3) is 2.91. The van der Waals surface area contributed by atoms with Crippen molar-refractivity contribution < 1.29 is 4.79 Å². The molecule has 3 aliphatic rings. The van der Waals surface area contributed by atoms with Crippen LogP contribution in [0.1, 0.15) is 63.1 Å². The molecule has 2 heteroatoms. The molecule has 6 aromatic rings. The van der Waals surface area contributed by atoms with Gasteiger partial charge in [-0.2, -0.15) is 0 Å². The van der Waals surface area contributed by atoms with Gasteiger partial charge in [-0.05, 0) is 68.8 Å². The van der Waals surface area contributed by atoms with Crippen molar-refractivity contribution in [1.29, 1.82) is 0 Å². The normalized spacial score (nSPS) is 16.0. The lowest BCUT2D eigenvalue weighted by Gasteiger charge is -2.44. The Hall–Kier alpha value is -5.21. The van der Waals surface area contributed by atoms with Crippen LogP contribution in [0, 0.1) is 0 Å². The van der Waals surface area contributed by atoms with Gasteiger partial charge in [0.15, 0.2) is 5.78 Å². The molecular formula is C41H29NO. The molecule has 0 bridgehead atoms. The predicted molar refractivity (Wildman–Crippen MR) is 174 cm³/mol. The fourth-order valence-corrected chi connectivity index (χ4v) is 8.38. The van der Waals surface area contributed by atoms with Crippen LogP contribution in [0.2, 0.25) is 0 Å². The van der Waals surface area contributed by atoms with Gasteiger partial charge in [-0.3, -0.25) is 4.79 Å². The van der Waals surface area contributed by atoms with Gasteiger partial charge in [0.05, 0.1) is 16.8 Å². The highest BCUT2D eigenvalue weighted by atomic mass is 16.1. The van der Waals surface area contributed by atoms with Gasteiger partial charge in [0, 0.05) is 22.2 Å². The predicted octanol–water partition coefficient (Wildman–Crippen LogP) is 9.70. The summed E-state index contributed by atoms with van der Waals surface area (Å²) < 4.78 is 0. The lowest BCUT2D eigenvalue weighted by atomic mass is 9.61. The fourth-order valence-electron chi connectivity index (χ4n) is 8.38. The maximum atomic E-state index is 13.9. The van der Waals surface area contributed by atoms with Gasteiger partial charge >= 0.3 is 0 Å². The molecule has 6 aromatic carbocycles. The van der Waals surface area contributed by atoms with Gasteiger partial charge in [-0.15, -0.1) is 0 Å². The van der Waals surface area contributed by atoms with E-state index in [1.54, 1.807) is 0 Å². The van der Waals surface area contributed by atoms with Crippen molar-refractivity contribution in [2.75, 3.05) is 4.90 Å². The number of hydrogen-bond donors (Lipinski definition) is 0. The summed E-state index contributed by atoms with van der Waals surface area (Å²) in [5.74, 6) is 0.102. The summed E-state index contributed by atoms with van der Waals surface area (Å²) >= 11 is 0. The Kier molecular flexibility index (Phi) is 4.78. The van der Waals surface area contributed by atoms with Crippen LogP contribution < -0.4 is 4.90 Å². The van der Waals surface area contributed by atoms with Crippen LogP contribution in [0.5, 0.6) is 0 Å². The van der Waals surface area contributed by atoms with Crippen LogP contribution in [-0.4, -0.2) is 5.78 Å². The summed E-state index contributed by atoms with van der Waals surface area (Å²) in [5.41, 5.74) is 14.1. The topological polar surface area (TPSA) is 20.3 Å². The quantitative estimate of drug-likeness (QED) is 0.202. The molecule has 9 rings (SSSR count). The first-order chi connectivity index (χ1) is 21.0. The molecule has 0 radical (unpaired) electrons. The number of ketones is 1. The van der Waals surface area contributed by atoms with E-state index < -0.39 is 5.41 Å². The lowest BCUT2D eigenvalue weighted by Crippen LogP contribution is -2.37. The number of benzene rings is 6. The molecule has 204 valence electrons. The first-order valence-corrected chi connectivity index (χ1v) is 15.0. The van der Waals surface area contributed by atoms with E-state index in [9.17, 15) is 4.79 Å². The number of nitrogens with zero attached hydrogens (tertiary/aromatic N) is 1. The van der Waals surface area contributed by atoms with Crippen molar-refractivity contribution in [2.24, 2.45) is 0 Å². The Morgan fingerprint density at radius 2 is 0.977 bits per heavy atom. The highest BCUT2D eigenvalue weighted by molar-refractivity contribution is 6.15. The standard InChI is InChI=1S/C41H29NO/c1-40(2)33-22-12-13-23-35(33)42(26-14-4-3-5-15-26)36-25-24-34-37(38(36)40)27-16-6-9-19-30(27)41(34)31-20-10-7-17-28(31)39(43)29-18-8-11-21-32(29)41/h3-25H,1-2H3. The van der Waals surface area contributed by atoms with Crippen molar-refractivity contribution in [2.45, 2.75) is 24.7 Å². The Balaban J connectivity index is 1.46. The largest absolute Gasteiger partial charge is 0.310 e. The van der Waals surface area contributed by atoms with Gasteiger partial charge in [-0.1, -0.05) is 129 Å². The number of carbonyl (C=O) groups excluding carboxylic acids is 1. The molecule has 2 nitrogen and oxygen atoms in total. The Bertz CT molecular complexity index is 2090. The van der Waals surface area contributed by atoms with E-state index in [4.69, 9.17) is 0 Å². The molecule has 1 spiro atoms. The molecule has 1 aliphatic heterocycles. The highest BCUT2D eigenvalue weighted by Gasteiger charge is 2.54. The van der Waals surface area contributed by atoms with E-state index in [1.165, 1.54) is 44.8 Å². The van der Waals surface area contributed by atoms with Gasteiger partial charge in [-0.25, -0.2) is 0 Å². The molecule has 2 aliphatic carbocycles. The molecule has 0 N–H and O–H groups in total. The van der Waals surface area contributed by atoms with Crippen LogP contribution in [0.25, 0.3) is 11.1 Å². The number of para-hydroxylation sites is 2. The summed E-state index contributed by atoms with van der Waals surface area (Å²) in [6.45, 7) is 4.74. The molecule has 0 unspecified atom stereocenters. The summed E-state index contributed by atoms with van der Waals surface area (Å²) in [6, 6.07) is 49.6. The molecule has 0 aromatic heterocycles. The second-order valence-electron chi connectivity index (χ2n) is 12.4. The third-order valence-electron chi connectivity index (χ3n) is 10.0.